The van der Waals surface area contributed by atoms with Crippen molar-refractivity contribution in [2.75, 3.05) is 43.7 Å². The number of aryl methyl sites for hydroxylation is 1. The van der Waals surface area contributed by atoms with Crippen LogP contribution in [0.25, 0.3) is 0 Å². The van der Waals surface area contributed by atoms with Crippen LogP contribution in [0.15, 0.2) is 18.2 Å². The molecule has 6 heteroatoms. The van der Waals surface area contributed by atoms with Gasteiger partial charge in [-0.2, -0.15) is 0 Å². The van der Waals surface area contributed by atoms with Gasteiger partial charge in [-0.05, 0) is 39.3 Å². The molecule has 0 fully saturated rings. The molecular formula is C18H28N2O4. The molecule has 1 aromatic carbocycles. The van der Waals surface area contributed by atoms with Gasteiger partial charge >= 0.3 is 6.09 Å². The number of anilines is 2. The lowest BCUT2D eigenvalue weighted by atomic mass is 10.1. The largest absolute Gasteiger partial charge is 0.443 e. The van der Waals surface area contributed by atoms with Crippen LogP contribution >= 0.6 is 0 Å². The fourth-order valence-electron chi connectivity index (χ4n) is 2.48. The molecule has 1 aromatic rings. The Bertz CT molecular complexity index is 567. The summed E-state index contributed by atoms with van der Waals surface area (Å²) in [4.78, 5) is 26.9. The summed E-state index contributed by atoms with van der Waals surface area (Å²) in [5.74, 6) is 0. The second-order valence-electron chi connectivity index (χ2n) is 6.60. The molecule has 0 spiro atoms. The van der Waals surface area contributed by atoms with Crippen LogP contribution in [-0.4, -0.2) is 51.8 Å². The minimum absolute atomic E-state index is 0.332. The predicted octanol–water partition coefficient (Wildman–Crippen LogP) is 3.02. The van der Waals surface area contributed by atoms with E-state index >= 15 is 0 Å². The molecule has 1 heterocycles. The van der Waals surface area contributed by atoms with Crippen molar-refractivity contribution >= 4 is 23.8 Å². The van der Waals surface area contributed by atoms with E-state index in [2.05, 4.69) is 4.74 Å². The van der Waals surface area contributed by atoms with Crippen LogP contribution in [0.1, 0.15) is 26.3 Å². The highest BCUT2D eigenvalue weighted by molar-refractivity contribution is 5.95. The van der Waals surface area contributed by atoms with Crippen molar-refractivity contribution in [2.45, 2.75) is 33.3 Å². The molecule has 1 aliphatic rings. The molecule has 134 valence electrons. The molecule has 0 bridgehead atoms. The lowest BCUT2D eigenvalue weighted by Gasteiger charge is -2.38. The third-order valence-electron chi connectivity index (χ3n) is 3.33. The number of carbonyl (C=O) groups is 2. The van der Waals surface area contributed by atoms with Crippen molar-refractivity contribution in [3.63, 3.8) is 0 Å². The maximum absolute atomic E-state index is 12.4. The SMILES string of the molecule is COC.Cc1cccc2c1N(C(=O)OC(C)(C)C)CCN2CC=O. The first kappa shape index (κ1) is 20.0. The molecule has 0 aliphatic carbocycles. The Kier molecular flexibility index (Phi) is 7.22. The Labute approximate surface area is 144 Å². The first-order valence-corrected chi connectivity index (χ1v) is 7.94. The maximum atomic E-state index is 12.4. The minimum atomic E-state index is -0.528. The molecule has 0 N–H and O–H groups in total. The molecule has 0 radical (unpaired) electrons. The molecule has 2 rings (SSSR count). The van der Waals surface area contributed by atoms with Crippen LogP contribution in [0.4, 0.5) is 16.2 Å². The van der Waals surface area contributed by atoms with Crippen molar-refractivity contribution in [2.24, 2.45) is 0 Å². The molecule has 0 saturated carbocycles. The summed E-state index contributed by atoms with van der Waals surface area (Å²) in [5, 5.41) is 0. The molecule has 0 saturated heterocycles. The van der Waals surface area contributed by atoms with Crippen LogP contribution in [0.3, 0.4) is 0 Å². The van der Waals surface area contributed by atoms with E-state index in [1.807, 2.05) is 50.8 Å². The summed E-state index contributed by atoms with van der Waals surface area (Å²) in [5.41, 5.74) is 2.20. The second kappa shape index (κ2) is 8.68. The number of carbonyl (C=O) groups excluding carboxylic acids is 2. The van der Waals surface area contributed by atoms with Crippen molar-refractivity contribution in [1.82, 2.24) is 0 Å². The monoisotopic (exact) mass is 336 g/mol. The summed E-state index contributed by atoms with van der Waals surface area (Å²) < 4.78 is 9.73. The fourth-order valence-corrected chi connectivity index (χ4v) is 2.48. The normalized spacial score (nSPS) is 13.6. The van der Waals surface area contributed by atoms with E-state index < -0.39 is 5.60 Å². The molecule has 24 heavy (non-hydrogen) atoms. The van der Waals surface area contributed by atoms with Gasteiger partial charge in [0, 0.05) is 27.3 Å². The van der Waals surface area contributed by atoms with Crippen molar-refractivity contribution in [3.8, 4) is 0 Å². The van der Waals surface area contributed by atoms with Gasteiger partial charge in [0.1, 0.15) is 11.9 Å². The highest BCUT2D eigenvalue weighted by Gasteiger charge is 2.31. The van der Waals surface area contributed by atoms with Gasteiger partial charge in [0.2, 0.25) is 0 Å². The number of hydrogen-bond donors (Lipinski definition) is 0. The van der Waals surface area contributed by atoms with E-state index in [0.29, 0.717) is 19.6 Å². The summed E-state index contributed by atoms with van der Waals surface area (Å²) in [7, 11) is 3.25. The van der Waals surface area contributed by atoms with Gasteiger partial charge in [-0.1, -0.05) is 12.1 Å². The molecule has 6 nitrogen and oxygen atoms in total. The zero-order chi connectivity index (χ0) is 18.3. The van der Waals surface area contributed by atoms with Gasteiger partial charge in [0.15, 0.2) is 0 Å². The molecule has 0 aromatic heterocycles. The van der Waals surface area contributed by atoms with Crippen LogP contribution < -0.4 is 9.80 Å². The third-order valence-corrected chi connectivity index (χ3v) is 3.33. The zero-order valence-electron chi connectivity index (χ0n) is 15.5. The van der Waals surface area contributed by atoms with Gasteiger partial charge in [-0.15, -0.1) is 0 Å². The average molecular weight is 336 g/mol. The Hall–Kier alpha value is -2.08. The highest BCUT2D eigenvalue weighted by Crippen LogP contribution is 2.36. The van der Waals surface area contributed by atoms with E-state index in [0.717, 1.165) is 23.2 Å². The fraction of sp³-hybridized carbons (Fsp3) is 0.556. The number of para-hydroxylation sites is 1. The summed E-state index contributed by atoms with van der Waals surface area (Å²) in [6, 6.07) is 5.83. The molecule has 1 amide bonds. The number of ether oxygens (including phenoxy) is 2. The summed E-state index contributed by atoms with van der Waals surface area (Å²) in [6.45, 7) is 8.99. The smallest absolute Gasteiger partial charge is 0.414 e. The average Bonchev–Trinajstić information content (AvgIpc) is 2.47. The van der Waals surface area contributed by atoms with Crippen LogP contribution in [0.5, 0.6) is 0 Å². The van der Waals surface area contributed by atoms with Crippen molar-refractivity contribution in [3.05, 3.63) is 23.8 Å². The van der Waals surface area contributed by atoms with Crippen LogP contribution in [0.2, 0.25) is 0 Å². The van der Waals surface area contributed by atoms with E-state index in [1.54, 1.807) is 19.1 Å². The van der Waals surface area contributed by atoms with Gasteiger partial charge in [0.05, 0.1) is 17.9 Å². The zero-order valence-corrected chi connectivity index (χ0v) is 15.5. The number of hydrogen-bond acceptors (Lipinski definition) is 5. The first-order valence-electron chi connectivity index (χ1n) is 7.94. The lowest BCUT2D eigenvalue weighted by Crippen LogP contribution is -2.46. The van der Waals surface area contributed by atoms with Gasteiger partial charge in [-0.3, -0.25) is 4.90 Å². The maximum Gasteiger partial charge on any atom is 0.414 e. The topological polar surface area (TPSA) is 59.1 Å². The van der Waals surface area contributed by atoms with Gasteiger partial charge in [-0.25, -0.2) is 4.79 Å². The standard InChI is InChI=1S/C16H22N2O3.C2H6O/c1-12-6-5-7-13-14(12)18(9-8-17(13)10-11-19)15(20)21-16(2,3)4;1-3-2/h5-7,11H,8-10H2,1-4H3;1-2H3. The Morgan fingerprint density at radius 1 is 1.25 bits per heavy atom. The molecule has 1 aliphatic heterocycles. The Balaban J connectivity index is 0.000000891. The Morgan fingerprint density at radius 2 is 1.88 bits per heavy atom. The Morgan fingerprint density at radius 3 is 2.42 bits per heavy atom. The molecular weight excluding hydrogens is 308 g/mol. The summed E-state index contributed by atoms with van der Waals surface area (Å²) >= 11 is 0. The lowest BCUT2D eigenvalue weighted by molar-refractivity contribution is -0.106. The number of amides is 1. The van der Waals surface area contributed by atoms with E-state index in [4.69, 9.17) is 4.74 Å². The van der Waals surface area contributed by atoms with Gasteiger partial charge < -0.3 is 19.2 Å². The molecule has 0 unspecified atom stereocenters. The molecule has 0 atom stereocenters. The minimum Gasteiger partial charge on any atom is -0.443 e. The first-order chi connectivity index (χ1) is 11.2. The van der Waals surface area contributed by atoms with E-state index in [-0.39, 0.29) is 6.09 Å². The predicted molar refractivity (Wildman–Crippen MR) is 96.0 cm³/mol. The van der Waals surface area contributed by atoms with Crippen LogP contribution in [0, 0.1) is 6.92 Å². The highest BCUT2D eigenvalue weighted by atomic mass is 16.6. The van der Waals surface area contributed by atoms with Crippen LogP contribution in [-0.2, 0) is 14.3 Å². The number of aldehydes is 1. The number of fused-ring (bicyclic) bond motifs is 1. The number of nitrogens with zero attached hydrogens (tertiary/aromatic N) is 2. The second-order valence-corrected chi connectivity index (χ2v) is 6.60. The van der Waals surface area contributed by atoms with Crippen molar-refractivity contribution < 1.29 is 19.1 Å². The number of methoxy groups -OCH3 is 1. The summed E-state index contributed by atoms with van der Waals surface area (Å²) in [6.07, 6.45) is 0.540. The van der Waals surface area contributed by atoms with Gasteiger partial charge in [0.25, 0.3) is 0 Å². The third kappa shape index (κ3) is 5.23. The van der Waals surface area contributed by atoms with Crippen molar-refractivity contribution in [1.29, 1.82) is 0 Å². The number of rotatable bonds is 2. The van der Waals surface area contributed by atoms with E-state index in [9.17, 15) is 9.59 Å². The quantitative estimate of drug-likeness (QED) is 0.777. The van der Waals surface area contributed by atoms with E-state index in [1.165, 1.54) is 0 Å². The number of benzene rings is 1.